The largest absolute Gasteiger partial charge is 0.480 e. The molecule has 4 rings (SSSR count). The Kier molecular flexibility index (Phi) is 6.98. The van der Waals surface area contributed by atoms with Gasteiger partial charge in [-0.2, -0.15) is 0 Å². The number of benzene rings is 2. The molecule has 1 saturated heterocycles. The molecule has 1 aliphatic heterocycles. The Morgan fingerprint density at radius 3 is 2.29 bits per heavy atom. The smallest absolute Gasteiger partial charge is 0.407 e. The van der Waals surface area contributed by atoms with Crippen LogP contribution in [0.5, 0.6) is 0 Å². The molecule has 2 aliphatic rings. The Morgan fingerprint density at radius 1 is 1.06 bits per heavy atom. The predicted molar refractivity (Wildman–Crippen MR) is 127 cm³/mol. The lowest BCUT2D eigenvalue weighted by molar-refractivity contribution is -0.146. The molecule has 0 saturated carbocycles. The van der Waals surface area contributed by atoms with E-state index in [-0.39, 0.29) is 31.5 Å². The second kappa shape index (κ2) is 10.1. The number of fused-ring (bicyclic) bond motifs is 3. The summed E-state index contributed by atoms with van der Waals surface area (Å²) in [5.41, 5.74) is 5.07. The molecule has 0 aromatic heterocycles. The van der Waals surface area contributed by atoms with Crippen LogP contribution in [0.15, 0.2) is 60.2 Å². The van der Waals surface area contributed by atoms with E-state index in [9.17, 15) is 19.5 Å². The highest BCUT2D eigenvalue weighted by Crippen LogP contribution is 2.44. The van der Waals surface area contributed by atoms with Crippen molar-refractivity contribution < 1.29 is 24.2 Å². The van der Waals surface area contributed by atoms with Crippen LogP contribution in [0, 0.1) is 0 Å². The number of ether oxygens (including phenoxy) is 1. The highest BCUT2D eigenvalue weighted by Gasteiger charge is 2.32. The molecule has 2 aromatic carbocycles. The van der Waals surface area contributed by atoms with Gasteiger partial charge in [0.1, 0.15) is 12.6 Å². The van der Waals surface area contributed by atoms with E-state index in [0.29, 0.717) is 18.7 Å². The van der Waals surface area contributed by atoms with Crippen molar-refractivity contribution in [2.24, 2.45) is 0 Å². The van der Waals surface area contributed by atoms with Crippen LogP contribution < -0.4 is 5.32 Å². The van der Waals surface area contributed by atoms with E-state index >= 15 is 0 Å². The lowest BCUT2D eigenvalue weighted by Gasteiger charge is -2.37. The third-order valence-corrected chi connectivity index (χ3v) is 6.56. The summed E-state index contributed by atoms with van der Waals surface area (Å²) in [6.07, 6.45) is 1.07. The lowest BCUT2D eigenvalue weighted by Crippen LogP contribution is -2.56. The van der Waals surface area contributed by atoms with Crippen LogP contribution in [0.4, 0.5) is 4.79 Å². The minimum atomic E-state index is -0.946. The van der Waals surface area contributed by atoms with Crippen LogP contribution >= 0.6 is 0 Å². The highest BCUT2D eigenvalue weighted by atomic mass is 16.5. The van der Waals surface area contributed by atoms with Crippen molar-refractivity contribution >= 4 is 18.0 Å². The van der Waals surface area contributed by atoms with Gasteiger partial charge >= 0.3 is 12.1 Å². The molecule has 1 atom stereocenters. The van der Waals surface area contributed by atoms with Gasteiger partial charge in [-0.3, -0.25) is 14.5 Å². The van der Waals surface area contributed by atoms with E-state index < -0.39 is 18.1 Å². The van der Waals surface area contributed by atoms with Crippen LogP contribution in [0.3, 0.4) is 0 Å². The fourth-order valence-corrected chi connectivity index (χ4v) is 4.60. The Bertz CT molecular complexity index is 1080. The summed E-state index contributed by atoms with van der Waals surface area (Å²) in [4.78, 5) is 39.6. The molecule has 34 heavy (non-hydrogen) atoms. The zero-order valence-electron chi connectivity index (χ0n) is 19.4. The molecule has 1 aliphatic carbocycles. The quantitative estimate of drug-likeness (QED) is 0.639. The summed E-state index contributed by atoms with van der Waals surface area (Å²) in [7, 11) is 1.74. The molecule has 1 unspecified atom stereocenters. The van der Waals surface area contributed by atoms with E-state index in [4.69, 9.17) is 4.74 Å². The molecule has 8 nitrogen and oxygen atoms in total. The van der Waals surface area contributed by atoms with Crippen molar-refractivity contribution in [1.82, 2.24) is 15.1 Å². The first-order chi connectivity index (χ1) is 16.4. The van der Waals surface area contributed by atoms with Crippen molar-refractivity contribution in [2.45, 2.75) is 18.9 Å². The molecular formula is C26H29N3O5. The summed E-state index contributed by atoms with van der Waals surface area (Å²) in [5.74, 6) is -1.19. The number of likely N-dealkylation sites (N-methyl/N-ethyl adjacent to an activating group) is 1. The Morgan fingerprint density at radius 2 is 1.68 bits per heavy atom. The summed E-state index contributed by atoms with van der Waals surface area (Å²) in [6.45, 7) is 3.12. The van der Waals surface area contributed by atoms with E-state index in [1.165, 1.54) is 16.0 Å². The van der Waals surface area contributed by atoms with Gasteiger partial charge in [-0.05, 0) is 36.2 Å². The van der Waals surface area contributed by atoms with Gasteiger partial charge in [-0.1, -0.05) is 54.6 Å². The number of carboxylic acid groups (broad SMARTS) is 1. The first kappa shape index (κ1) is 23.5. The molecule has 178 valence electrons. The van der Waals surface area contributed by atoms with Crippen LogP contribution in [0.25, 0.3) is 11.1 Å². The van der Waals surface area contributed by atoms with Crippen molar-refractivity contribution in [3.8, 4) is 11.1 Å². The SMILES string of the molecule is C/C(=C\CNC(=O)OCC1c2ccccc2-c2ccccc21)C(=O)N1CCN(C)C(C(=O)O)C1. The maximum atomic E-state index is 12.7. The molecule has 0 radical (unpaired) electrons. The number of aliphatic carboxylic acids is 1. The number of carbonyl (C=O) groups is 3. The van der Waals surface area contributed by atoms with Crippen LogP contribution in [-0.4, -0.2) is 78.8 Å². The van der Waals surface area contributed by atoms with E-state index in [2.05, 4.69) is 29.6 Å². The number of carbonyl (C=O) groups excluding carboxylic acids is 2. The normalized spacial score (nSPS) is 18.2. The maximum Gasteiger partial charge on any atom is 0.407 e. The minimum absolute atomic E-state index is 0.0172. The third kappa shape index (κ3) is 4.82. The van der Waals surface area contributed by atoms with E-state index in [1.807, 2.05) is 24.3 Å². The number of nitrogens with zero attached hydrogens (tertiary/aromatic N) is 2. The van der Waals surface area contributed by atoms with Crippen LogP contribution in [-0.2, 0) is 14.3 Å². The van der Waals surface area contributed by atoms with Crippen LogP contribution in [0.2, 0.25) is 0 Å². The predicted octanol–water partition coefficient (Wildman–Crippen LogP) is 2.70. The minimum Gasteiger partial charge on any atom is -0.480 e. The van der Waals surface area contributed by atoms with Gasteiger partial charge in [-0.15, -0.1) is 0 Å². The average Bonchev–Trinajstić information content (AvgIpc) is 3.16. The summed E-state index contributed by atoms with van der Waals surface area (Å²) in [5, 5.41) is 12.0. The number of rotatable bonds is 6. The first-order valence-electron chi connectivity index (χ1n) is 11.3. The van der Waals surface area contributed by atoms with Crippen LogP contribution in [0.1, 0.15) is 24.0 Å². The molecule has 1 heterocycles. The number of hydrogen-bond acceptors (Lipinski definition) is 5. The summed E-state index contributed by atoms with van der Waals surface area (Å²) < 4.78 is 5.51. The summed E-state index contributed by atoms with van der Waals surface area (Å²) in [6, 6.07) is 15.6. The molecule has 0 bridgehead atoms. The van der Waals surface area contributed by atoms with Gasteiger partial charge in [0.15, 0.2) is 0 Å². The van der Waals surface area contributed by atoms with Crippen molar-refractivity contribution in [1.29, 1.82) is 0 Å². The molecule has 1 fully saturated rings. The van der Waals surface area contributed by atoms with Gasteiger partial charge < -0.3 is 20.1 Å². The van der Waals surface area contributed by atoms with Gasteiger partial charge in [0.25, 0.3) is 0 Å². The fraction of sp³-hybridized carbons (Fsp3) is 0.346. The monoisotopic (exact) mass is 463 g/mol. The number of amides is 2. The van der Waals surface area contributed by atoms with Gasteiger partial charge in [0, 0.05) is 37.7 Å². The number of hydrogen-bond donors (Lipinski definition) is 2. The zero-order chi connectivity index (χ0) is 24.2. The van der Waals surface area contributed by atoms with Crippen molar-refractivity contribution in [3.63, 3.8) is 0 Å². The van der Waals surface area contributed by atoms with Gasteiger partial charge in [0.05, 0.1) is 0 Å². The second-order valence-electron chi connectivity index (χ2n) is 8.68. The standard InChI is InChI=1S/C26H29N3O5/c1-17(24(30)29-14-13-28(2)23(15-29)25(31)32)11-12-27-26(33)34-16-22-20-9-5-3-7-18(20)19-8-4-6-10-21(19)22/h3-11,22-23H,12-16H2,1-2H3,(H,27,33)(H,31,32)/b17-11+. The number of piperazine rings is 1. The Hall–Kier alpha value is -3.65. The Labute approximate surface area is 198 Å². The number of alkyl carbamates (subject to hydrolysis) is 1. The zero-order valence-corrected chi connectivity index (χ0v) is 19.4. The van der Waals surface area contributed by atoms with Crippen molar-refractivity contribution in [3.05, 3.63) is 71.3 Å². The van der Waals surface area contributed by atoms with E-state index in [0.717, 1.165) is 11.1 Å². The van der Waals surface area contributed by atoms with Gasteiger partial charge in [0.2, 0.25) is 5.91 Å². The second-order valence-corrected chi connectivity index (χ2v) is 8.68. The maximum absolute atomic E-state index is 12.7. The molecule has 2 aromatic rings. The first-order valence-corrected chi connectivity index (χ1v) is 11.3. The molecule has 8 heteroatoms. The fourth-order valence-electron chi connectivity index (χ4n) is 4.60. The van der Waals surface area contributed by atoms with Crippen molar-refractivity contribution in [2.75, 3.05) is 39.8 Å². The van der Waals surface area contributed by atoms with E-state index in [1.54, 1.807) is 24.9 Å². The topological polar surface area (TPSA) is 99.2 Å². The highest BCUT2D eigenvalue weighted by molar-refractivity contribution is 5.93. The summed E-state index contributed by atoms with van der Waals surface area (Å²) >= 11 is 0. The third-order valence-electron chi connectivity index (χ3n) is 6.56. The molecular weight excluding hydrogens is 434 g/mol. The number of carboxylic acids is 1. The molecule has 0 spiro atoms. The average molecular weight is 464 g/mol. The lowest BCUT2D eigenvalue weighted by atomic mass is 9.98. The van der Waals surface area contributed by atoms with Gasteiger partial charge in [-0.25, -0.2) is 4.79 Å². The number of nitrogens with one attached hydrogen (secondary N) is 1. The molecule has 2 amide bonds. The molecule has 2 N–H and O–H groups in total. The Balaban J connectivity index is 1.29.